The molecule has 0 aromatic heterocycles. The zero-order valence-electron chi connectivity index (χ0n) is 11.3. The minimum atomic E-state index is -1.18. The molecule has 1 aliphatic carbocycles. The van der Waals surface area contributed by atoms with E-state index in [4.69, 9.17) is 14.5 Å². The van der Waals surface area contributed by atoms with Crippen molar-refractivity contribution in [3.63, 3.8) is 0 Å². The molecule has 0 aromatic carbocycles. The lowest BCUT2D eigenvalue weighted by molar-refractivity contribution is -0.418. The van der Waals surface area contributed by atoms with Crippen LogP contribution in [0.5, 0.6) is 0 Å². The van der Waals surface area contributed by atoms with Crippen LogP contribution in [0.3, 0.4) is 0 Å². The normalized spacial score (nSPS) is 21.4. The van der Waals surface area contributed by atoms with Crippen molar-refractivity contribution in [2.75, 3.05) is 20.2 Å². The smallest absolute Gasteiger partial charge is 0.240 e. The van der Waals surface area contributed by atoms with Gasteiger partial charge in [-0.2, -0.15) is 4.89 Å². The molecule has 6 nitrogen and oxygen atoms in total. The minimum Gasteiger partial charge on any atom is -0.369 e. The highest BCUT2D eigenvalue weighted by atomic mass is 17.2. The van der Waals surface area contributed by atoms with E-state index in [-0.39, 0.29) is 5.78 Å². The first kappa shape index (κ1) is 13.9. The third kappa shape index (κ3) is 3.09. The fourth-order valence-corrected chi connectivity index (χ4v) is 1.74. The predicted molar refractivity (Wildman–Crippen MR) is 69.6 cm³/mol. The Kier molecular flexibility index (Phi) is 3.84. The van der Waals surface area contributed by atoms with Gasteiger partial charge in [0.05, 0.1) is 6.54 Å². The molecule has 1 heterocycles. The zero-order valence-corrected chi connectivity index (χ0v) is 11.3. The van der Waals surface area contributed by atoms with E-state index in [1.54, 1.807) is 0 Å². The third-order valence-electron chi connectivity index (χ3n) is 2.90. The topological polar surface area (TPSA) is 69.2 Å². The van der Waals surface area contributed by atoms with Crippen LogP contribution in [0.15, 0.2) is 29.3 Å². The van der Waals surface area contributed by atoms with Crippen molar-refractivity contribution in [2.45, 2.75) is 25.2 Å². The van der Waals surface area contributed by atoms with Gasteiger partial charge in [0.1, 0.15) is 5.84 Å². The fraction of sp³-hybridized carbons (Fsp3) is 0.538. The number of rotatable bonds is 5. The fourth-order valence-electron chi connectivity index (χ4n) is 1.74. The molecule has 0 bridgehead atoms. The van der Waals surface area contributed by atoms with Crippen LogP contribution in [0.2, 0.25) is 0 Å². The van der Waals surface area contributed by atoms with E-state index in [2.05, 4.69) is 10.3 Å². The summed E-state index contributed by atoms with van der Waals surface area (Å²) >= 11 is 0. The van der Waals surface area contributed by atoms with E-state index in [1.165, 1.54) is 31.4 Å². The number of nitrogens with zero attached hydrogens (tertiary/aromatic N) is 1. The molecule has 19 heavy (non-hydrogen) atoms. The second kappa shape index (κ2) is 5.24. The maximum Gasteiger partial charge on any atom is 0.240 e. The van der Waals surface area contributed by atoms with Crippen LogP contribution in [-0.4, -0.2) is 43.2 Å². The molecule has 0 amide bonds. The maximum absolute atomic E-state index is 11.1. The first-order valence-corrected chi connectivity index (χ1v) is 6.11. The molecule has 0 aromatic rings. The highest BCUT2D eigenvalue weighted by Gasteiger charge is 2.35. The summed E-state index contributed by atoms with van der Waals surface area (Å²) in [5.41, 5.74) is -0.717. The number of ketones is 1. The first-order valence-electron chi connectivity index (χ1n) is 6.11. The summed E-state index contributed by atoms with van der Waals surface area (Å²) in [6, 6.07) is 0. The van der Waals surface area contributed by atoms with Gasteiger partial charge in [0.25, 0.3) is 0 Å². The van der Waals surface area contributed by atoms with Crippen LogP contribution in [0.25, 0.3) is 0 Å². The molecule has 0 unspecified atom stereocenters. The van der Waals surface area contributed by atoms with Gasteiger partial charge in [-0.05, 0) is 38.2 Å². The lowest BCUT2D eigenvalue weighted by Crippen LogP contribution is -2.45. The monoisotopic (exact) mass is 266 g/mol. The lowest BCUT2D eigenvalue weighted by atomic mass is 10.1. The van der Waals surface area contributed by atoms with Gasteiger partial charge in [-0.15, -0.1) is 0 Å². The minimum absolute atomic E-state index is 0.114. The number of ether oxygens (including phenoxy) is 1. The summed E-state index contributed by atoms with van der Waals surface area (Å²) in [5, 5.41) is 3.14. The van der Waals surface area contributed by atoms with Crippen molar-refractivity contribution in [3.05, 3.63) is 24.3 Å². The number of methoxy groups -OCH3 is 1. The van der Waals surface area contributed by atoms with Crippen molar-refractivity contribution in [1.29, 1.82) is 0 Å². The number of carbonyl (C=O) groups excluding carboxylic acids is 1. The number of allylic oxidation sites excluding steroid dienone is 2. The number of aliphatic imine (C=N–C) groups is 1. The summed E-state index contributed by atoms with van der Waals surface area (Å²) < 4.78 is 5.25. The zero-order chi connectivity index (χ0) is 13.9. The van der Waals surface area contributed by atoms with Gasteiger partial charge >= 0.3 is 0 Å². The second-order valence-corrected chi connectivity index (χ2v) is 4.83. The van der Waals surface area contributed by atoms with Crippen molar-refractivity contribution in [3.8, 4) is 0 Å². The van der Waals surface area contributed by atoms with Gasteiger partial charge in [0, 0.05) is 13.7 Å². The van der Waals surface area contributed by atoms with Crippen molar-refractivity contribution in [1.82, 2.24) is 5.32 Å². The largest absolute Gasteiger partial charge is 0.369 e. The van der Waals surface area contributed by atoms with E-state index in [0.717, 1.165) is 18.9 Å². The molecule has 0 saturated heterocycles. The van der Waals surface area contributed by atoms with Crippen LogP contribution in [0.4, 0.5) is 0 Å². The summed E-state index contributed by atoms with van der Waals surface area (Å²) in [4.78, 5) is 26.3. The number of amidine groups is 1. The molecule has 0 fully saturated rings. The van der Waals surface area contributed by atoms with Gasteiger partial charge in [0.15, 0.2) is 11.4 Å². The van der Waals surface area contributed by atoms with Crippen LogP contribution in [-0.2, 0) is 19.3 Å². The first-order chi connectivity index (χ1) is 8.97. The van der Waals surface area contributed by atoms with Gasteiger partial charge < -0.3 is 10.1 Å². The molecule has 0 radical (unpaired) electrons. The standard InChI is InChI=1S/C13H18N2O4/c1-12(2,11-14-8-9-15-11)18-19-13(17-3)6-4-10(16)5-7-13/h4-7H,8-9H2,1-3H3,(H,14,15). The summed E-state index contributed by atoms with van der Waals surface area (Å²) in [6.45, 7) is 5.21. The van der Waals surface area contributed by atoms with E-state index in [1.807, 2.05) is 13.8 Å². The SMILES string of the molecule is COC1(OOC(C)(C)C2=NCCN2)C=CC(=O)C=C1. The molecule has 0 saturated carbocycles. The van der Waals surface area contributed by atoms with Crippen molar-refractivity contribution in [2.24, 2.45) is 4.99 Å². The average Bonchev–Trinajstić information content (AvgIpc) is 2.94. The molecule has 6 heteroatoms. The van der Waals surface area contributed by atoms with Crippen LogP contribution >= 0.6 is 0 Å². The predicted octanol–water partition coefficient (Wildman–Crippen LogP) is 0.753. The van der Waals surface area contributed by atoms with E-state index in [9.17, 15) is 4.79 Å². The number of hydrogen-bond donors (Lipinski definition) is 1. The lowest BCUT2D eigenvalue weighted by Gasteiger charge is -2.31. The molecule has 0 atom stereocenters. The van der Waals surface area contributed by atoms with Crippen molar-refractivity contribution < 1.29 is 19.3 Å². The third-order valence-corrected chi connectivity index (χ3v) is 2.90. The Morgan fingerprint density at radius 2 is 2.05 bits per heavy atom. The number of carbonyl (C=O) groups is 1. The van der Waals surface area contributed by atoms with E-state index >= 15 is 0 Å². The van der Waals surface area contributed by atoms with Gasteiger partial charge in [-0.3, -0.25) is 9.79 Å². The Bertz CT molecular complexity index is 436. The molecule has 104 valence electrons. The molecule has 2 aliphatic rings. The average molecular weight is 266 g/mol. The Morgan fingerprint density at radius 3 is 2.58 bits per heavy atom. The molecule has 1 aliphatic heterocycles. The quantitative estimate of drug-likeness (QED) is 0.452. The summed E-state index contributed by atoms with van der Waals surface area (Å²) in [7, 11) is 1.48. The summed E-state index contributed by atoms with van der Waals surface area (Å²) in [5.74, 6) is -0.555. The second-order valence-electron chi connectivity index (χ2n) is 4.83. The Balaban J connectivity index is 2.02. The highest BCUT2D eigenvalue weighted by Crippen LogP contribution is 2.24. The molecular formula is C13H18N2O4. The van der Waals surface area contributed by atoms with Gasteiger partial charge in [-0.1, -0.05) is 0 Å². The van der Waals surface area contributed by atoms with E-state index in [0.29, 0.717) is 0 Å². The maximum atomic E-state index is 11.1. The molecule has 2 rings (SSSR count). The van der Waals surface area contributed by atoms with Gasteiger partial charge in [0.2, 0.25) is 5.79 Å². The molecule has 1 N–H and O–H groups in total. The highest BCUT2D eigenvalue weighted by molar-refractivity contribution is 6.00. The Hall–Kier alpha value is -1.50. The number of nitrogens with one attached hydrogen (secondary N) is 1. The van der Waals surface area contributed by atoms with Crippen LogP contribution in [0, 0.1) is 0 Å². The molecular weight excluding hydrogens is 248 g/mol. The van der Waals surface area contributed by atoms with E-state index < -0.39 is 11.4 Å². The van der Waals surface area contributed by atoms with Gasteiger partial charge in [-0.25, -0.2) is 4.89 Å². The van der Waals surface area contributed by atoms with Crippen LogP contribution < -0.4 is 5.32 Å². The van der Waals surface area contributed by atoms with Crippen molar-refractivity contribution >= 4 is 11.6 Å². The van der Waals surface area contributed by atoms with Crippen LogP contribution in [0.1, 0.15) is 13.8 Å². The summed E-state index contributed by atoms with van der Waals surface area (Å²) in [6.07, 6.45) is 5.78. The molecule has 0 spiro atoms. The Labute approximate surface area is 112 Å². The number of hydrogen-bond acceptors (Lipinski definition) is 6. The Morgan fingerprint density at radius 1 is 1.37 bits per heavy atom.